The molecule has 5 heteroatoms. The van der Waals surface area contributed by atoms with Gasteiger partial charge in [0, 0.05) is 27.9 Å². The van der Waals surface area contributed by atoms with E-state index in [4.69, 9.17) is 16.3 Å². The highest BCUT2D eigenvalue weighted by Gasteiger charge is 2.38. The summed E-state index contributed by atoms with van der Waals surface area (Å²) in [4.78, 5) is 0. The first-order valence-corrected chi connectivity index (χ1v) is 12.0. The summed E-state index contributed by atoms with van der Waals surface area (Å²) < 4.78 is 9.97. The number of hydrogen-bond acceptors (Lipinski definition) is 2. The van der Waals surface area contributed by atoms with E-state index in [1.165, 1.54) is 11.1 Å². The van der Waals surface area contributed by atoms with Crippen molar-refractivity contribution in [2.24, 2.45) is 0 Å². The number of benzene rings is 3. The monoisotopic (exact) mass is 443 g/mol. The zero-order valence-corrected chi connectivity index (χ0v) is 17.7. The molecule has 2 nitrogen and oxygen atoms in total. The van der Waals surface area contributed by atoms with Crippen LogP contribution in [0.25, 0.3) is 0 Å². The third-order valence-electron chi connectivity index (χ3n) is 4.73. The Balaban J connectivity index is 1.84. The highest BCUT2D eigenvalue weighted by Crippen LogP contribution is 2.58. The van der Waals surface area contributed by atoms with Gasteiger partial charge in [-0.1, -0.05) is 64.5 Å². The van der Waals surface area contributed by atoms with E-state index < -0.39 is 6.42 Å². The molecule has 0 amide bonds. The maximum atomic E-state index is 6.55. The zero-order chi connectivity index (χ0) is 18.1. The predicted molar refractivity (Wildman–Crippen MR) is 116 cm³/mol. The van der Waals surface area contributed by atoms with Crippen LogP contribution >= 0.6 is 22.3 Å². The standard InChI is InChI=1S/C21H19BrNOPS/c1-16(17-8-4-2-5-9-17)23-15-18-14-19(22)12-13-21(18)24-25(23,26)20-10-6-3-7-11-20/h2-14,16H,15H2,1H3. The van der Waals surface area contributed by atoms with Crippen LogP contribution in [0.1, 0.15) is 24.1 Å². The minimum Gasteiger partial charge on any atom is -0.449 e. The quantitative estimate of drug-likeness (QED) is 0.457. The van der Waals surface area contributed by atoms with Crippen LogP contribution in [0.3, 0.4) is 0 Å². The molecule has 0 radical (unpaired) electrons. The second-order valence-corrected chi connectivity index (χ2v) is 11.0. The number of rotatable bonds is 3. The fourth-order valence-electron chi connectivity index (χ4n) is 3.30. The van der Waals surface area contributed by atoms with Crippen molar-refractivity contribution in [2.75, 3.05) is 0 Å². The summed E-state index contributed by atoms with van der Waals surface area (Å²) in [6, 6.07) is 27.1. The molecule has 0 fully saturated rings. The molecular formula is C21H19BrNOPS. The molecule has 0 saturated carbocycles. The summed E-state index contributed by atoms with van der Waals surface area (Å²) >= 11 is 9.80. The van der Waals surface area contributed by atoms with E-state index in [0.717, 1.165) is 22.1 Å². The van der Waals surface area contributed by atoms with Gasteiger partial charge in [-0.25, -0.2) is 4.67 Å². The van der Waals surface area contributed by atoms with Crippen molar-refractivity contribution >= 4 is 39.5 Å². The average molecular weight is 444 g/mol. The first-order chi connectivity index (χ1) is 12.6. The number of hydrogen-bond donors (Lipinski definition) is 0. The van der Waals surface area contributed by atoms with E-state index in [2.05, 4.69) is 70.0 Å². The van der Waals surface area contributed by atoms with Gasteiger partial charge < -0.3 is 4.52 Å². The van der Waals surface area contributed by atoms with Crippen molar-refractivity contribution in [3.8, 4) is 5.75 Å². The Morgan fingerprint density at radius 2 is 1.65 bits per heavy atom. The molecule has 3 aromatic carbocycles. The molecule has 1 aliphatic rings. The Morgan fingerprint density at radius 3 is 2.35 bits per heavy atom. The second kappa shape index (κ2) is 7.28. The molecule has 0 N–H and O–H groups in total. The van der Waals surface area contributed by atoms with Crippen LogP contribution < -0.4 is 9.83 Å². The molecule has 2 atom stereocenters. The van der Waals surface area contributed by atoms with Crippen LogP contribution in [-0.2, 0) is 18.4 Å². The molecule has 26 heavy (non-hydrogen) atoms. The van der Waals surface area contributed by atoms with E-state index >= 15 is 0 Å². The Hall–Kier alpha value is -1.45. The van der Waals surface area contributed by atoms with Crippen molar-refractivity contribution < 1.29 is 4.52 Å². The van der Waals surface area contributed by atoms with Crippen molar-refractivity contribution in [1.82, 2.24) is 4.67 Å². The van der Waals surface area contributed by atoms with Crippen LogP contribution in [-0.4, -0.2) is 4.67 Å². The van der Waals surface area contributed by atoms with Gasteiger partial charge in [0.2, 0.25) is 6.42 Å². The minimum atomic E-state index is -2.39. The Labute approximate surface area is 168 Å². The molecular weight excluding hydrogens is 425 g/mol. The van der Waals surface area contributed by atoms with E-state index in [-0.39, 0.29) is 6.04 Å². The summed E-state index contributed by atoms with van der Waals surface area (Å²) in [6.07, 6.45) is -2.39. The fraction of sp³-hybridized carbons (Fsp3) is 0.143. The Kier molecular flexibility index (Phi) is 5.02. The largest absolute Gasteiger partial charge is 0.449 e. The number of halogens is 1. The molecule has 0 bridgehead atoms. The molecule has 132 valence electrons. The summed E-state index contributed by atoms with van der Waals surface area (Å²) in [7, 11) is 0. The summed E-state index contributed by atoms with van der Waals surface area (Å²) in [6.45, 7) is 2.99. The van der Waals surface area contributed by atoms with Gasteiger partial charge in [-0.3, -0.25) is 0 Å². The Bertz CT molecular complexity index is 964. The lowest BCUT2D eigenvalue weighted by Crippen LogP contribution is -2.34. The van der Waals surface area contributed by atoms with Gasteiger partial charge in [-0.05, 0) is 54.6 Å². The molecule has 0 spiro atoms. The van der Waals surface area contributed by atoms with Gasteiger partial charge in [-0.15, -0.1) is 0 Å². The van der Waals surface area contributed by atoms with Crippen molar-refractivity contribution in [3.63, 3.8) is 0 Å². The molecule has 4 rings (SSSR count). The third-order valence-corrected chi connectivity index (χ3v) is 9.26. The first-order valence-electron chi connectivity index (χ1n) is 8.54. The maximum absolute atomic E-state index is 6.55. The van der Waals surface area contributed by atoms with Crippen LogP contribution in [0.15, 0.2) is 83.3 Å². The SMILES string of the molecule is CC(c1ccccc1)N1Cc2cc(Br)ccc2OP1(=S)c1ccccc1. The smallest absolute Gasteiger partial charge is 0.211 e. The molecule has 0 aromatic heterocycles. The van der Waals surface area contributed by atoms with E-state index in [0.29, 0.717) is 0 Å². The lowest BCUT2D eigenvalue weighted by Gasteiger charge is -2.43. The number of nitrogens with zero attached hydrogens (tertiary/aromatic N) is 1. The average Bonchev–Trinajstić information content (AvgIpc) is 2.68. The molecule has 0 saturated heterocycles. The third kappa shape index (κ3) is 3.27. The van der Waals surface area contributed by atoms with Crippen LogP contribution in [0, 0.1) is 0 Å². The summed E-state index contributed by atoms with van der Waals surface area (Å²) in [5.41, 5.74) is 2.42. The van der Waals surface area contributed by atoms with Crippen molar-refractivity contribution in [1.29, 1.82) is 0 Å². The van der Waals surface area contributed by atoms with E-state index in [1.54, 1.807) is 0 Å². The summed E-state index contributed by atoms with van der Waals surface area (Å²) in [5, 5.41) is 1.09. The van der Waals surface area contributed by atoms with E-state index in [1.807, 2.05) is 36.4 Å². The molecule has 1 aliphatic heterocycles. The van der Waals surface area contributed by atoms with Gasteiger partial charge >= 0.3 is 0 Å². The Morgan fingerprint density at radius 1 is 1.00 bits per heavy atom. The van der Waals surface area contributed by atoms with Crippen LogP contribution in [0.2, 0.25) is 0 Å². The van der Waals surface area contributed by atoms with Crippen LogP contribution in [0.5, 0.6) is 5.75 Å². The van der Waals surface area contributed by atoms with Gasteiger partial charge in [0.05, 0.1) is 0 Å². The minimum absolute atomic E-state index is 0.161. The summed E-state index contributed by atoms with van der Waals surface area (Å²) in [5.74, 6) is 0.900. The van der Waals surface area contributed by atoms with Crippen LogP contribution in [0.4, 0.5) is 0 Å². The lowest BCUT2D eigenvalue weighted by atomic mass is 10.1. The van der Waals surface area contributed by atoms with Crippen molar-refractivity contribution in [3.05, 3.63) is 94.5 Å². The molecule has 3 aromatic rings. The second-order valence-electron chi connectivity index (χ2n) is 6.38. The number of fused-ring (bicyclic) bond motifs is 1. The van der Waals surface area contributed by atoms with Gasteiger partial charge in [0.25, 0.3) is 0 Å². The molecule has 1 heterocycles. The van der Waals surface area contributed by atoms with Gasteiger partial charge in [0.1, 0.15) is 5.75 Å². The lowest BCUT2D eigenvalue weighted by molar-refractivity contribution is 0.316. The molecule has 0 aliphatic carbocycles. The van der Waals surface area contributed by atoms with Crippen molar-refractivity contribution in [2.45, 2.75) is 19.5 Å². The highest BCUT2D eigenvalue weighted by atomic mass is 79.9. The predicted octanol–water partition coefficient (Wildman–Crippen LogP) is 6.04. The highest BCUT2D eigenvalue weighted by molar-refractivity contribution is 9.10. The topological polar surface area (TPSA) is 12.5 Å². The first kappa shape index (κ1) is 17.9. The normalized spacial score (nSPS) is 20.8. The van der Waals surface area contributed by atoms with Gasteiger partial charge in [0.15, 0.2) is 0 Å². The molecule has 2 unspecified atom stereocenters. The zero-order valence-electron chi connectivity index (χ0n) is 14.4. The fourth-order valence-corrected chi connectivity index (χ4v) is 7.34. The van der Waals surface area contributed by atoms with Gasteiger partial charge in [-0.2, -0.15) is 0 Å². The maximum Gasteiger partial charge on any atom is 0.211 e. The van der Waals surface area contributed by atoms with E-state index in [9.17, 15) is 0 Å².